The molecular weight excluding hydrogens is 272 g/mol. The normalized spacial score (nSPS) is 10.3. The molecule has 0 fully saturated rings. The van der Waals surface area contributed by atoms with Crippen LogP contribution in [0, 0.1) is 32.1 Å². The SMILES string of the molecule is Cc1ccc(C#N)cc1-n1c(C)cc(C(=O)CCl)c1C. The quantitative estimate of drug-likeness (QED) is 0.638. The summed E-state index contributed by atoms with van der Waals surface area (Å²) in [6.45, 7) is 5.82. The summed E-state index contributed by atoms with van der Waals surface area (Å²) in [5.74, 6) is -0.110. The summed E-state index contributed by atoms with van der Waals surface area (Å²) in [7, 11) is 0. The molecule has 3 nitrogen and oxygen atoms in total. The summed E-state index contributed by atoms with van der Waals surface area (Å²) < 4.78 is 2.00. The molecule has 4 heteroatoms. The lowest BCUT2D eigenvalue weighted by atomic mass is 10.1. The number of carbonyl (C=O) groups is 1. The molecule has 0 N–H and O–H groups in total. The van der Waals surface area contributed by atoms with Crippen molar-refractivity contribution in [2.75, 3.05) is 5.88 Å². The minimum Gasteiger partial charge on any atom is -0.317 e. The molecule has 102 valence electrons. The van der Waals surface area contributed by atoms with Gasteiger partial charge in [0.05, 0.1) is 17.5 Å². The van der Waals surface area contributed by atoms with Gasteiger partial charge in [-0.25, -0.2) is 0 Å². The van der Waals surface area contributed by atoms with E-state index in [1.54, 1.807) is 6.07 Å². The Morgan fingerprint density at radius 3 is 2.60 bits per heavy atom. The van der Waals surface area contributed by atoms with Crippen LogP contribution in [0.2, 0.25) is 0 Å². The third-order valence-corrected chi connectivity index (χ3v) is 3.67. The zero-order valence-corrected chi connectivity index (χ0v) is 12.5. The Morgan fingerprint density at radius 1 is 1.30 bits per heavy atom. The fraction of sp³-hybridized carbons (Fsp3) is 0.250. The van der Waals surface area contributed by atoms with Gasteiger partial charge in [-0.1, -0.05) is 6.07 Å². The third-order valence-electron chi connectivity index (χ3n) is 3.43. The van der Waals surface area contributed by atoms with E-state index in [0.29, 0.717) is 11.1 Å². The number of benzene rings is 1. The Bertz CT molecular complexity index is 723. The summed E-state index contributed by atoms with van der Waals surface area (Å²) in [6, 6.07) is 9.53. The number of hydrogen-bond donors (Lipinski definition) is 0. The van der Waals surface area contributed by atoms with Gasteiger partial charge < -0.3 is 4.57 Å². The van der Waals surface area contributed by atoms with Crippen molar-refractivity contribution in [2.24, 2.45) is 0 Å². The Balaban J connectivity index is 2.68. The van der Waals surface area contributed by atoms with Crippen molar-refractivity contribution in [2.45, 2.75) is 20.8 Å². The fourth-order valence-electron chi connectivity index (χ4n) is 2.41. The molecule has 0 amide bonds. The van der Waals surface area contributed by atoms with E-state index in [-0.39, 0.29) is 11.7 Å². The van der Waals surface area contributed by atoms with E-state index in [2.05, 4.69) is 6.07 Å². The average molecular weight is 287 g/mol. The molecule has 0 aliphatic carbocycles. The lowest BCUT2D eigenvalue weighted by Gasteiger charge is -2.13. The molecule has 1 aromatic heterocycles. The molecule has 0 saturated heterocycles. The van der Waals surface area contributed by atoms with Gasteiger partial charge in [-0.15, -0.1) is 11.6 Å². The molecule has 0 atom stereocenters. The molecule has 0 saturated carbocycles. The Kier molecular flexibility index (Phi) is 3.96. The van der Waals surface area contributed by atoms with Crippen LogP contribution < -0.4 is 0 Å². The predicted octanol–water partition coefficient (Wildman–Crippen LogP) is 3.70. The lowest BCUT2D eigenvalue weighted by Crippen LogP contribution is -2.05. The molecule has 1 aromatic carbocycles. The van der Waals surface area contributed by atoms with Crippen molar-refractivity contribution in [1.29, 1.82) is 5.26 Å². The maximum Gasteiger partial charge on any atom is 0.179 e. The number of ketones is 1. The van der Waals surface area contributed by atoms with Gasteiger partial charge in [0.1, 0.15) is 0 Å². The molecule has 2 rings (SSSR count). The Hall–Kier alpha value is -2.05. The highest BCUT2D eigenvalue weighted by Gasteiger charge is 2.17. The van der Waals surface area contributed by atoms with Crippen molar-refractivity contribution < 1.29 is 4.79 Å². The molecule has 20 heavy (non-hydrogen) atoms. The monoisotopic (exact) mass is 286 g/mol. The third kappa shape index (κ3) is 2.35. The number of aromatic nitrogens is 1. The van der Waals surface area contributed by atoms with E-state index in [9.17, 15) is 4.79 Å². The maximum absolute atomic E-state index is 11.8. The number of Topliss-reactive ketones (excluding diaryl/α,β-unsaturated/α-hetero) is 1. The second-order valence-corrected chi connectivity index (χ2v) is 5.06. The van der Waals surface area contributed by atoms with Crippen LogP contribution in [0.1, 0.15) is 32.9 Å². The van der Waals surface area contributed by atoms with E-state index < -0.39 is 0 Å². The minimum absolute atomic E-state index is 0.0263. The van der Waals surface area contributed by atoms with E-state index in [1.807, 2.05) is 43.5 Å². The summed E-state index contributed by atoms with van der Waals surface area (Å²) >= 11 is 5.64. The first kappa shape index (κ1) is 14.4. The number of nitriles is 1. The fourth-order valence-corrected chi connectivity index (χ4v) is 2.55. The number of nitrogens with zero attached hydrogens (tertiary/aromatic N) is 2. The summed E-state index contributed by atoms with van der Waals surface area (Å²) in [5.41, 5.74) is 5.02. The van der Waals surface area contributed by atoms with Gasteiger partial charge in [-0.05, 0) is 44.5 Å². The first-order valence-corrected chi connectivity index (χ1v) is 6.82. The van der Waals surface area contributed by atoms with E-state index in [1.165, 1.54) is 0 Å². The van der Waals surface area contributed by atoms with E-state index in [0.717, 1.165) is 22.6 Å². The minimum atomic E-state index is -0.0832. The van der Waals surface area contributed by atoms with Gasteiger partial charge in [0.25, 0.3) is 0 Å². The highest BCUT2D eigenvalue weighted by Crippen LogP contribution is 2.24. The van der Waals surface area contributed by atoms with Crippen molar-refractivity contribution in [3.8, 4) is 11.8 Å². The molecule has 2 aromatic rings. The average Bonchev–Trinajstić information content (AvgIpc) is 2.74. The van der Waals surface area contributed by atoms with Crippen LogP contribution in [0.5, 0.6) is 0 Å². The number of hydrogen-bond acceptors (Lipinski definition) is 2. The topological polar surface area (TPSA) is 45.8 Å². The van der Waals surface area contributed by atoms with Crippen LogP contribution in [-0.4, -0.2) is 16.2 Å². The van der Waals surface area contributed by atoms with Crippen molar-refractivity contribution in [1.82, 2.24) is 4.57 Å². The van der Waals surface area contributed by atoms with Crippen LogP contribution in [0.15, 0.2) is 24.3 Å². The van der Waals surface area contributed by atoms with Crippen molar-refractivity contribution >= 4 is 17.4 Å². The molecule has 0 unspecified atom stereocenters. The highest BCUT2D eigenvalue weighted by molar-refractivity contribution is 6.30. The van der Waals surface area contributed by atoms with Gasteiger partial charge in [0, 0.05) is 22.6 Å². The zero-order chi connectivity index (χ0) is 14.9. The molecule has 0 spiro atoms. The first-order chi connectivity index (χ1) is 9.49. The molecule has 0 aliphatic rings. The Morgan fingerprint density at radius 2 is 2.00 bits per heavy atom. The zero-order valence-electron chi connectivity index (χ0n) is 11.7. The van der Waals surface area contributed by atoms with Crippen LogP contribution in [0.4, 0.5) is 0 Å². The van der Waals surface area contributed by atoms with Gasteiger partial charge in [0.2, 0.25) is 0 Å². The summed E-state index contributed by atoms with van der Waals surface area (Å²) in [6.07, 6.45) is 0. The van der Waals surface area contributed by atoms with E-state index >= 15 is 0 Å². The summed E-state index contributed by atoms with van der Waals surface area (Å²) in [5, 5.41) is 9.04. The smallest absolute Gasteiger partial charge is 0.179 e. The van der Waals surface area contributed by atoms with Gasteiger partial charge in [0.15, 0.2) is 5.78 Å². The van der Waals surface area contributed by atoms with Crippen LogP contribution >= 0.6 is 11.6 Å². The highest BCUT2D eigenvalue weighted by atomic mass is 35.5. The molecule has 0 aliphatic heterocycles. The Labute approximate surface area is 123 Å². The standard InChI is InChI=1S/C16H15ClN2O/c1-10-4-5-13(9-18)7-15(10)19-11(2)6-14(12(19)3)16(20)8-17/h4-7H,8H2,1-3H3. The van der Waals surface area contributed by atoms with E-state index in [4.69, 9.17) is 16.9 Å². The molecule has 1 heterocycles. The number of rotatable bonds is 3. The van der Waals surface area contributed by atoms with Crippen LogP contribution in [0.3, 0.4) is 0 Å². The van der Waals surface area contributed by atoms with Gasteiger partial charge in [-0.3, -0.25) is 4.79 Å². The number of aryl methyl sites for hydroxylation is 2. The van der Waals surface area contributed by atoms with Gasteiger partial charge in [-0.2, -0.15) is 5.26 Å². The number of carbonyl (C=O) groups excluding carboxylic acids is 1. The second-order valence-electron chi connectivity index (χ2n) is 4.79. The maximum atomic E-state index is 11.8. The second kappa shape index (κ2) is 5.52. The van der Waals surface area contributed by atoms with Crippen molar-refractivity contribution in [3.63, 3.8) is 0 Å². The summed E-state index contributed by atoms with van der Waals surface area (Å²) in [4.78, 5) is 11.8. The number of alkyl halides is 1. The van der Waals surface area contributed by atoms with Crippen LogP contribution in [0.25, 0.3) is 5.69 Å². The van der Waals surface area contributed by atoms with Crippen molar-refractivity contribution in [3.05, 3.63) is 52.3 Å². The van der Waals surface area contributed by atoms with Crippen LogP contribution in [-0.2, 0) is 0 Å². The largest absolute Gasteiger partial charge is 0.317 e. The predicted molar refractivity (Wildman–Crippen MR) is 79.7 cm³/mol. The van der Waals surface area contributed by atoms with Gasteiger partial charge >= 0.3 is 0 Å². The lowest BCUT2D eigenvalue weighted by molar-refractivity contribution is 0.102. The molecule has 0 bridgehead atoms. The first-order valence-electron chi connectivity index (χ1n) is 6.28. The number of halogens is 1. The molecule has 0 radical (unpaired) electrons. The molecular formula is C16H15ClN2O.